The molecule has 0 bridgehead atoms. The molecule has 2 aromatic rings. The summed E-state index contributed by atoms with van der Waals surface area (Å²) in [6, 6.07) is 10.2. The van der Waals surface area contributed by atoms with Crippen LogP contribution in [0, 0.1) is 24.0 Å². The van der Waals surface area contributed by atoms with Crippen LogP contribution in [0.2, 0.25) is 0 Å². The summed E-state index contributed by atoms with van der Waals surface area (Å²) in [5, 5.41) is 11.0. The molecule has 5 heteroatoms. The van der Waals surface area contributed by atoms with Gasteiger partial charge < -0.3 is 4.74 Å². The number of rotatable bonds is 4. The highest BCUT2D eigenvalue weighted by Crippen LogP contribution is 2.32. The first-order valence-electron chi connectivity index (χ1n) is 6.09. The zero-order chi connectivity index (χ0) is 14.7. The fourth-order valence-electron chi connectivity index (χ4n) is 1.86. The predicted molar refractivity (Wildman–Crippen MR) is 78.6 cm³/mol. The Labute approximate surface area is 122 Å². The lowest BCUT2D eigenvalue weighted by atomic mass is 10.1. The van der Waals surface area contributed by atoms with E-state index in [2.05, 4.69) is 0 Å². The Kier molecular flexibility index (Phi) is 4.25. The molecule has 2 aromatic carbocycles. The molecular formula is C15H14ClNO3. The van der Waals surface area contributed by atoms with Gasteiger partial charge >= 0.3 is 5.69 Å². The zero-order valence-corrected chi connectivity index (χ0v) is 12.0. The molecule has 0 aliphatic rings. The zero-order valence-electron chi connectivity index (χ0n) is 11.2. The Bertz CT molecular complexity index is 656. The molecule has 2 rings (SSSR count). The van der Waals surface area contributed by atoms with Crippen molar-refractivity contribution in [3.63, 3.8) is 0 Å². The Hall–Kier alpha value is -2.07. The van der Waals surface area contributed by atoms with Gasteiger partial charge in [-0.3, -0.25) is 10.1 Å². The summed E-state index contributed by atoms with van der Waals surface area (Å²) in [5.74, 6) is 1.23. The molecule has 0 aliphatic heterocycles. The molecule has 104 valence electrons. The van der Waals surface area contributed by atoms with E-state index in [4.69, 9.17) is 16.3 Å². The highest BCUT2D eigenvalue weighted by molar-refractivity contribution is 6.17. The normalized spacial score (nSPS) is 10.3. The summed E-state index contributed by atoms with van der Waals surface area (Å²) in [5.41, 5.74) is 2.86. The van der Waals surface area contributed by atoms with Gasteiger partial charge in [-0.25, -0.2) is 0 Å². The highest BCUT2D eigenvalue weighted by atomic mass is 35.5. The minimum atomic E-state index is -0.450. The monoisotopic (exact) mass is 291 g/mol. The molecule has 0 spiro atoms. The van der Waals surface area contributed by atoms with Crippen molar-refractivity contribution in [2.24, 2.45) is 0 Å². The van der Waals surface area contributed by atoms with Crippen LogP contribution in [0.25, 0.3) is 0 Å². The number of halogens is 1. The van der Waals surface area contributed by atoms with Gasteiger partial charge in [0.25, 0.3) is 0 Å². The van der Waals surface area contributed by atoms with Gasteiger partial charge in [0.15, 0.2) is 0 Å². The van der Waals surface area contributed by atoms with Crippen LogP contribution in [0.4, 0.5) is 5.69 Å². The number of ether oxygens (including phenoxy) is 1. The van der Waals surface area contributed by atoms with Crippen LogP contribution < -0.4 is 4.74 Å². The molecule has 0 saturated carbocycles. The van der Waals surface area contributed by atoms with Gasteiger partial charge in [-0.15, -0.1) is 11.6 Å². The second kappa shape index (κ2) is 5.92. The lowest BCUT2D eigenvalue weighted by Gasteiger charge is -2.09. The molecule has 20 heavy (non-hydrogen) atoms. The van der Waals surface area contributed by atoms with Gasteiger partial charge in [0.05, 0.1) is 4.92 Å². The number of nitrogens with zero attached hydrogens (tertiary/aromatic N) is 1. The van der Waals surface area contributed by atoms with E-state index in [-0.39, 0.29) is 11.4 Å². The van der Waals surface area contributed by atoms with Crippen LogP contribution in [0.3, 0.4) is 0 Å². The number of hydrogen-bond acceptors (Lipinski definition) is 3. The van der Waals surface area contributed by atoms with Crippen molar-refractivity contribution in [3.05, 3.63) is 63.2 Å². The van der Waals surface area contributed by atoms with Crippen molar-refractivity contribution in [3.8, 4) is 11.5 Å². The van der Waals surface area contributed by atoms with Crippen molar-refractivity contribution in [2.75, 3.05) is 0 Å². The molecule has 0 amide bonds. The number of nitro benzene ring substituents is 1. The van der Waals surface area contributed by atoms with Gasteiger partial charge in [0.2, 0.25) is 5.75 Å². The maximum Gasteiger partial charge on any atom is 0.311 e. The minimum absolute atomic E-state index is 0.0466. The van der Waals surface area contributed by atoms with Crippen molar-refractivity contribution < 1.29 is 9.66 Å². The fourth-order valence-corrected chi connectivity index (χ4v) is 2.16. The summed E-state index contributed by atoms with van der Waals surface area (Å²) in [6.45, 7) is 3.79. The summed E-state index contributed by atoms with van der Waals surface area (Å²) >= 11 is 5.80. The first-order chi connectivity index (χ1) is 9.51. The molecule has 0 radical (unpaired) electrons. The van der Waals surface area contributed by atoms with Gasteiger partial charge in [-0.2, -0.15) is 0 Å². The summed E-state index contributed by atoms with van der Waals surface area (Å²) < 4.78 is 5.65. The van der Waals surface area contributed by atoms with Crippen LogP contribution in [0.15, 0.2) is 36.4 Å². The van der Waals surface area contributed by atoms with Crippen LogP contribution >= 0.6 is 11.6 Å². The number of hydrogen-bond donors (Lipinski definition) is 0. The van der Waals surface area contributed by atoms with Gasteiger partial charge in [-0.05, 0) is 48.7 Å². The van der Waals surface area contributed by atoms with Gasteiger partial charge in [-0.1, -0.05) is 12.1 Å². The predicted octanol–water partition coefficient (Wildman–Crippen LogP) is 4.74. The fraction of sp³-hybridized carbons (Fsp3) is 0.200. The SMILES string of the molecule is Cc1ccc([N+](=O)[O-])c(Oc2ccc(CCl)c(C)c2)c1. The lowest BCUT2D eigenvalue weighted by molar-refractivity contribution is -0.385. The Morgan fingerprint density at radius 2 is 1.95 bits per heavy atom. The van der Waals surface area contributed by atoms with Crippen LogP contribution in [0.1, 0.15) is 16.7 Å². The Balaban J connectivity index is 2.36. The largest absolute Gasteiger partial charge is 0.450 e. The molecule has 0 atom stereocenters. The Morgan fingerprint density at radius 3 is 2.55 bits per heavy atom. The molecule has 0 N–H and O–H groups in total. The third kappa shape index (κ3) is 3.08. The van der Waals surface area contributed by atoms with Crippen LogP contribution in [0.5, 0.6) is 11.5 Å². The summed E-state index contributed by atoms with van der Waals surface area (Å²) in [4.78, 5) is 10.5. The van der Waals surface area contributed by atoms with Crippen molar-refractivity contribution in [2.45, 2.75) is 19.7 Å². The number of benzene rings is 2. The first-order valence-corrected chi connectivity index (χ1v) is 6.63. The van der Waals surface area contributed by atoms with E-state index in [1.54, 1.807) is 18.2 Å². The van der Waals surface area contributed by atoms with E-state index in [9.17, 15) is 10.1 Å². The first kappa shape index (κ1) is 14.3. The molecule has 0 unspecified atom stereocenters. The third-order valence-electron chi connectivity index (χ3n) is 3.00. The number of aryl methyl sites for hydroxylation is 2. The molecule has 0 heterocycles. The van der Waals surface area contributed by atoms with E-state index < -0.39 is 4.92 Å². The van der Waals surface area contributed by atoms with Crippen LogP contribution in [-0.2, 0) is 5.88 Å². The topological polar surface area (TPSA) is 52.4 Å². The van der Waals surface area contributed by atoms with Gasteiger partial charge in [0, 0.05) is 11.9 Å². The standard InChI is InChI=1S/C15H14ClNO3/c1-10-3-6-14(17(18)19)15(7-10)20-13-5-4-12(9-16)11(2)8-13/h3-8H,9H2,1-2H3. The maximum absolute atomic E-state index is 11.0. The van der Waals surface area contributed by atoms with E-state index in [1.807, 2.05) is 26.0 Å². The lowest BCUT2D eigenvalue weighted by Crippen LogP contribution is -1.95. The molecule has 4 nitrogen and oxygen atoms in total. The quantitative estimate of drug-likeness (QED) is 0.464. The average Bonchev–Trinajstić information content (AvgIpc) is 2.38. The second-order valence-corrected chi connectivity index (χ2v) is 4.82. The second-order valence-electron chi connectivity index (χ2n) is 4.55. The Morgan fingerprint density at radius 1 is 1.20 bits per heavy atom. The number of nitro groups is 1. The van der Waals surface area contributed by atoms with Crippen molar-refractivity contribution >= 4 is 17.3 Å². The van der Waals surface area contributed by atoms with Crippen molar-refractivity contribution in [1.82, 2.24) is 0 Å². The molecule has 0 aromatic heterocycles. The molecular weight excluding hydrogens is 278 g/mol. The van der Waals surface area contributed by atoms with E-state index >= 15 is 0 Å². The van der Waals surface area contributed by atoms with E-state index in [0.717, 1.165) is 16.7 Å². The average molecular weight is 292 g/mol. The van der Waals surface area contributed by atoms with Crippen LogP contribution in [-0.4, -0.2) is 4.92 Å². The number of alkyl halides is 1. The summed E-state index contributed by atoms with van der Waals surface area (Å²) in [7, 11) is 0. The van der Waals surface area contributed by atoms with E-state index in [1.165, 1.54) is 6.07 Å². The summed E-state index contributed by atoms with van der Waals surface area (Å²) in [6.07, 6.45) is 0. The maximum atomic E-state index is 11.0. The third-order valence-corrected chi connectivity index (χ3v) is 3.29. The van der Waals surface area contributed by atoms with E-state index in [0.29, 0.717) is 11.6 Å². The molecule has 0 saturated heterocycles. The minimum Gasteiger partial charge on any atom is -0.450 e. The molecule has 0 fully saturated rings. The molecule has 0 aliphatic carbocycles. The highest BCUT2D eigenvalue weighted by Gasteiger charge is 2.15. The smallest absolute Gasteiger partial charge is 0.311 e. The van der Waals surface area contributed by atoms with Crippen molar-refractivity contribution in [1.29, 1.82) is 0 Å². The van der Waals surface area contributed by atoms with Gasteiger partial charge in [0.1, 0.15) is 5.75 Å².